The van der Waals surface area contributed by atoms with Crippen molar-refractivity contribution in [1.82, 2.24) is 19.6 Å². The maximum absolute atomic E-state index is 12.5. The number of hydrogen-bond donors (Lipinski definition) is 1. The van der Waals surface area contributed by atoms with Gasteiger partial charge in [0.2, 0.25) is 5.91 Å². The molecule has 1 atom stereocenters. The van der Waals surface area contributed by atoms with Gasteiger partial charge in [0.05, 0.1) is 37.8 Å². The van der Waals surface area contributed by atoms with Crippen LogP contribution in [0.4, 0.5) is 5.69 Å². The highest BCUT2D eigenvalue weighted by molar-refractivity contribution is 5.93. The van der Waals surface area contributed by atoms with Crippen molar-refractivity contribution >= 4 is 11.6 Å². The van der Waals surface area contributed by atoms with Crippen LogP contribution < -0.4 is 14.8 Å². The lowest BCUT2D eigenvalue weighted by Gasteiger charge is -2.12. The normalized spacial score (nSPS) is 11.9. The van der Waals surface area contributed by atoms with E-state index in [1.165, 1.54) is 0 Å². The van der Waals surface area contributed by atoms with Gasteiger partial charge < -0.3 is 14.8 Å². The molecule has 0 aliphatic rings. The molecule has 0 spiro atoms. The fourth-order valence-electron chi connectivity index (χ4n) is 2.91. The van der Waals surface area contributed by atoms with Gasteiger partial charge in [-0.3, -0.25) is 14.2 Å². The topological polar surface area (TPSA) is 83.2 Å². The van der Waals surface area contributed by atoms with Crippen molar-refractivity contribution in [2.45, 2.75) is 40.3 Å². The van der Waals surface area contributed by atoms with Crippen LogP contribution in [0.1, 0.15) is 37.9 Å². The number of rotatable bonds is 9. The zero-order valence-electron chi connectivity index (χ0n) is 17.3. The highest BCUT2D eigenvalue weighted by atomic mass is 16.5. The number of hydrogen-bond acceptors (Lipinski definition) is 5. The summed E-state index contributed by atoms with van der Waals surface area (Å²) in [5.74, 6) is 1.30. The molecular weight excluding hydrogens is 370 g/mol. The molecule has 3 aromatic rings. The number of carbonyl (C=O) groups excluding carboxylic acids is 1. The first kappa shape index (κ1) is 20.4. The number of carbonyl (C=O) groups is 1. The predicted octanol–water partition coefficient (Wildman–Crippen LogP) is 3.43. The summed E-state index contributed by atoms with van der Waals surface area (Å²) in [7, 11) is 0. The zero-order valence-corrected chi connectivity index (χ0v) is 17.3. The van der Waals surface area contributed by atoms with Crippen molar-refractivity contribution in [3.8, 4) is 11.5 Å². The minimum Gasteiger partial charge on any atom is -0.490 e. The Bertz CT molecular complexity index is 963. The lowest BCUT2D eigenvalue weighted by Crippen LogP contribution is -2.23. The van der Waals surface area contributed by atoms with Crippen molar-refractivity contribution in [3.05, 3.63) is 54.1 Å². The summed E-state index contributed by atoms with van der Waals surface area (Å²) in [5, 5.41) is 11.4. The Labute approximate surface area is 170 Å². The minimum absolute atomic E-state index is 0.146. The fraction of sp³-hybridized carbons (Fsp3) is 0.381. The largest absolute Gasteiger partial charge is 0.490 e. The number of benzene rings is 1. The van der Waals surface area contributed by atoms with Gasteiger partial charge >= 0.3 is 0 Å². The van der Waals surface area contributed by atoms with E-state index >= 15 is 0 Å². The maximum atomic E-state index is 12.5. The Morgan fingerprint density at radius 1 is 1.10 bits per heavy atom. The van der Waals surface area contributed by atoms with E-state index in [4.69, 9.17) is 9.47 Å². The third kappa shape index (κ3) is 5.16. The Hall–Kier alpha value is -3.29. The summed E-state index contributed by atoms with van der Waals surface area (Å²) in [5.41, 5.74) is 2.68. The van der Waals surface area contributed by atoms with E-state index in [2.05, 4.69) is 15.5 Å². The van der Waals surface area contributed by atoms with Gasteiger partial charge in [-0.25, -0.2) is 0 Å². The molecule has 29 heavy (non-hydrogen) atoms. The summed E-state index contributed by atoms with van der Waals surface area (Å²) in [6, 6.07) is 5.43. The van der Waals surface area contributed by atoms with Gasteiger partial charge in [-0.05, 0) is 51.0 Å². The van der Waals surface area contributed by atoms with Crippen LogP contribution in [-0.4, -0.2) is 38.7 Å². The quantitative estimate of drug-likeness (QED) is 0.598. The zero-order chi connectivity index (χ0) is 20.8. The highest BCUT2D eigenvalue weighted by Crippen LogP contribution is 2.29. The van der Waals surface area contributed by atoms with Crippen molar-refractivity contribution in [3.63, 3.8) is 0 Å². The molecule has 8 nitrogen and oxygen atoms in total. The molecule has 2 aromatic heterocycles. The van der Waals surface area contributed by atoms with Gasteiger partial charge in [-0.1, -0.05) is 6.07 Å². The lowest BCUT2D eigenvalue weighted by atomic mass is 10.2. The van der Waals surface area contributed by atoms with Gasteiger partial charge in [-0.2, -0.15) is 10.2 Å². The Balaban J connectivity index is 1.65. The molecule has 154 valence electrons. The van der Waals surface area contributed by atoms with E-state index in [9.17, 15) is 4.79 Å². The Morgan fingerprint density at radius 3 is 2.55 bits per heavy atom. The third-order valence-electron chi connectivity index (χ3n) is 4.36. The smallest absolute Gasteiger partial charge is 0.249 e. The molecular formula is C21H27N5O3. The molecule has 0 fully saturated rings. The summed E-state index contributed by atoms with van der Waals surface area (Å²) >= 11 is 0. The molecule has 1 unspecified atom stereocenters. The van der Waals surface area contributed by atoms with Gasteiger partial charge in [0.15, 0.2) is 11.5 Å². The second kappa shape index (κ2) is 9.27. The molecule has 0 saturated heterocycles. The van der Waals surface area contributed by atoms with Crippen LogP contribution in [0.2, 0.25) is 0 Å². The van der Waals surface area contributed by atoms with Crippen LogP contribution in [0.15, 0.2) is 43.0 Å². The van der Waals surface area contributed by atoms with Crippen LogP contribution in [0, 0.1) is 6.92 Å². The summed E-state index contributed by atoms with van der Waals surface area (Å²) in [6.07, 6.45) is 7.01. The first-order valence-electron chi connectivity index (χ1n) is 9.72. The molecule has 0 aliphatic carbocycles. The van der Waals surface area contributed by atoms with E-state index in [-0.39, 0.29) is 5.91 Å². The van der Waals surface area contributed by atoms with Crippen LogP contribution >= 0.6 is 0 Å². The Morgan fingerprint density at radius 2 is 1.86 bits per heavy atom. The molecule has 0 bridgehead atoms. The molecule has 8 heteroatoms. The predicted molar refractivity (Wildman–Crippen MR) is 110 cm³/mol. The summed E-state index contributed by atoms with van der Waals surface area (Å²) < 4.78 is 14.7. The monoisotopic (exact) mass is 397 g/mol. The third-order valence-corrected chi connectivity index (χ3v) is 4.36. The average Bonchev–Trinajstić information content (AvgIpc) is 3.32. The van der Waals surface area contributed by atoms with E-state index in [1.807, 2.05) is 45.2 Å². The van der Waals surface area contributed by atoms with E-state index in [0.717, 1.165) is 22.6 Å². The average molecular weight is 397 g/mol. The molecule has 0 aliphatic heterocycles. The van der Waals surface area contributed by atoms with Crippen LogP contribution in [0.25, 0.3) is 0 Å². The number of nitrogens with one attached hydrogen (secondary N) is 1. The van der Waals surface area contributed by atoms with Gasteiger partial charge in [0, 0.05) is 12.4 Å². The molecule has 0 saturated carbocycles. The molecule has 2 heterocycles. The van der Waals surface area contributed by atoms with Crippen LogP contribution in [0.3, 0.4) is 0 Å². The SMILES string of the molecule is CCOc1ccc(Cn2cc(NC(=O)C(C)n3cc(C)cn3)cn2)cc1OCC. The van der Waals surface area contributed by atoms with Crippen molar-refractivity contribution in [2.75, 3.05) is 18.5 Å². The number of anilines is 1. The standard InChI is InChI=1S/C21H27N5O3/c1-5-28-19-8-7-17(9-20(19)29-6-2)13-25-14-18(11-22-25)24-21(27)16(4)26-12-15(3)10-23-26/h7-12,14,16H,5-6,13H2,1-4H3,(H,24,27). The van der Waals surface area contributed by atoms with E-state index in [1.54, 1.807) is 34.9 Å². The molecule has 0 radical (unpaired) electrons. The number of aryl methyl sites for hydroxylation is 1. The van der Waals surface area contributed by atoms with Crippen molar-refractivity contribution < 1.29 is 14.3 Å². The van der Waals surface area contributed by atoms with Gasteiger partial charge in [0.1, 0.15) is 6.04 Å². The second-order valence-corrected chi connectivity index (χ2v) is 6.74. The number of amides is 1. The highest BCUT2D eigenvalue weighted by Gasteiger charge is 2.16. The molecule has 1 amide bonds. The first-order valence-corrected chi connectivity index (χ1v) is 9.72. The van der Waals surface area contributed by atoms with Gasteiger partial charge in [0.25, 0.3) is 0 Å². The number of nitrogens with zero attached hydrogens (tertiary/aromatic N) is 4. The fourth-order valence-corrected chi connectivity index (χ4v) is 2.91. The van der Waals surface area contributed by atoms with Crippen LogP contribution in [0.5, 0.6) is 11.5 Å². The van der Waals surface area contributed by atoms with Crippen molar-refractivity contribution in [1.29, 1.82) is 0 Å². The lowest BCUT2D eigenvalue weighted by molar-refractivity contribution is -0.119. The van der Waals surface area contributed by atoms with Crippen LogP contribution in [-0.2, 0) is 11.3 Å². The molecule has 3 rings (SSSR count). The van der Waals surface area contributed by atoms with Gasteiger partial charge in [-0.15, -0.1) is 0 Å². The molecule has 1 N–H and O–H groups in total. The summed E-state index contributed by atoms with van der Waals surface area (Å²) in [6.45, 7) is 9.33. The van der Waals surface area contributed by atoms with E-state index in [0.29, 0.717) is 25.4 Å². The molecule has 1 aromatic carbocycles. The summed E-state index contributed by atoms with van der Waals surface area (Å²) in [4.78, 5) is 12.5. The van der Waals surface area contributed by atoms with Crippen molar-refractivity contribution in [2.24, 2.45) is 0 Å². The second-order valence-electron chi connectivity index (χ2n) is 6.74. The number of ether oxygens (including phenoxy) is 2. The maximum Gasteiger partial charge on any atom is 0.249 e. The first-order chi connectivity index (χ1) is 14.0. The Kier molecular flexibility index (Phi) is 6.54. The number of aromatic nitrogens is 4. The minimum atomic E-state index is -0.410. The van der Waals surface area contributed by atoms with E-state index < -0.39 is 6.04 Å².